The van der Waals surface area contributed by atoms with E-state index in [1.54, 1.807) is 4.90 Å². The van der Waals surface area contributed by atoms with Gasteiger partial charge in [0.25, 0.3) is 0 Å². The van der Waals surface area contributed by atoms with Crippen molar-refractivity contribution in [1.82, 2.24) is 15.1 Å². The summed E-state index contributed by atoms with van der Waals surface area (Å²) in [6, 6.07) is -0.158. The number of aliphatic hydroxyl groups is 1. The molecular formula is C13H23N3O4. The number of nitrogens with zero attached hydrogens (tertiary/aromatic N) is 2. The van der Waals surface area contributed by atoms with Crippen LogP contribution in [0.25, 0.3) is 0 Å². The number of carboxylic acid groups (broad SMARTS) is 1. The number of rotatable bonds is 5. The van der Waals surface area contributed by atoms with Gasteiger partial charge in [-0.25, -0.2) is 4.79 Å². The molecule has 114 valence electrons. The maximum Gasteiger partial charge on any atom is 0.317 e. The van der Waals surface area contributed by atoms with E-state index in [9.17, 15) is 9.59 Å². The Kier molecular flexibility index (Phi) is 4.82. The molecule has 0 atom stereocenters. The molecule has 0 aromatic heterocycles. The van der Waals surface area contributed by atoms with Gasteiger partial charge in [-0.05, 0) is 19.3 Å². The summed E-state index contributed by atoms with van der Waals surface area (Å²) in [5.74, 6) is -0.863. The van der Waals surface area contributed by atoms with E-state index in [0.29, 0.717) is 19.6 Å². The third kappa shape index (κ3) is 3.61. The van der Waals surface area contributed by atoms with Crippen LogP contribution in [0.4, 0.5) is 4.79 Å². The lowest BCUT2D eigenvalue weighted by atomic mass is 9.74. The van der Waals surface area contributed by atoms with Crippen LogP contribution < -0.4 is 5.32 Å². The van der Waals surface area contributed by atoms with Crippen LogP contribution >= 0.6 is 0 Å². The molecular weight excluding hydrogens is 262 g/mol. The van der Waals surface area contributed by atoms with Gasteiger partial charge in [0, 0.05) is 32.7 Å². The van der Waals surface area contributed by atoms with Crippen LogP contribution in [0.1, 0.15) is 25.7 Å². The Hall–Kier alpha value is -1.34. The van der Waals surface area contributed by atoms with Gasteiger partial charge in [0.1, 0.15) is 0 Å². The van der Waals surface area contributed by atoms with E-state index in [0.717, 1.165) is 32.4 Å². The zero-order valence-electron chi connectivity index (χ0n) is 11.7. The number of nitrogens with one attached hydrogen (secondary N) is 1. The molecule has 0 radical (unpaired) electrons. The molecule has 2 fully saturated rings. The molecule has 1 saturated heterocycles. The molecule has 1 aliphatic carbocycles. The predicted molar refractivity (Wildman–Crippen MR) is 72.5 cm³/mol. The lowest BCUT2D eigenvalue weighted by molar-refractivity contribution is -0.139. The second-order valence-corrected chi connectivity index (χ2v) is 5.69. The van der Waals surface area contributed by atoms with E-state index in [2.05, 4.69) is 10.2 Å². The number of urea groups is 1. The average molecular weight is 285 g/mol. The number of aliphatic hydroxyl groups excluding tert-OH is 1. The Balaban J connectivity index is 1.81. The van der Waals surface area contributed by atoms with Gasteiger partial charge < -0.3 is 20.4 Å². The molecule has 7 nitrogen and oxygen atoms in total. The number of carbonyl (C=O) groups is 2. The highest BCUT2D eigenvalue weighted by atomic mass is 16.4. The first-order valence-electron chi connectivity index (χ1n) is 7.17. The van der Waals surface area contributed by atoms with Gasteiger partial charge in [-0.15, -0.1) is 0 Å². The summed E-state index contributed by atoms with van der Waals surface area (Å²) >= 11 is 0. The topological polar surface area (TPSA) is 93.1 Å². The zero-order chi connectivity index (χ0) is 14.6. The Bertz CT molecular complexity index is 363. The highest BCUT2D eigenvalue weighted by molar-refractivity contribution is 5.77. The number of carbonyl (C=O) groups excluding carboxylic acids is 1. The molecule has 0 aromatic rings. The third-order valence-electron chi connectivity index (χ3n) is 4.25. The number of piperazine rings is 1. The van der Waals surface area contributed by atoms with Crippen molar-refractivity contribution >= 4 is 12.0 Å². The molecule has 2 rings (SSSR count). The smallest absolute Gasteiger partial charge is 0.317 e. The van der Waals surface area contributed by atoms with E-state index in [4.69, 9.17) is 10.2 Å². The SMILES string of the molecule is O=C(O)CC1(NC(=O)N2CCN(CCO)CC2)CCC1. The lowest BCUT2D eigenvalue weighted by Gasteiger charge is -2.43. The van der Waals surface area contributed by atoms with Crippen molar-refractivity contribution in [3.8, 4) is 0 Å². The van der Waals surface area contributed by atoms with Crippen molar-refractivity contribution in [1.29, 1.82) is 0 Å². The summed E-state index contributed by atoms with van der Waals surface area (Å²) in [6.07, 6.45) is 2.46. The highest BCUT2D eigenvalue weighted by Gasteiger charge is 2.41. The zero-order valence-corrected chi connectivity index (χ0v) is 11.7. The second kappa shape index (κ2) is 6.41. The van der Waals surface area contributed by atoms with Gasteiger partial charge in [-0.2, -0.15) is 0 Å². The van der Waals surface area contributed by atoms with Crippen molar-refractivity contribution in [3.63, 3.8) is 0 Å². The fourth-order valence-corrected chi connectivity index (χ4v) is 2.86. The summed E-state index contributed by atoms with van der Waals surface area (Å²) in [6.45, 7) is 3.51. The van der Waals surface area contributed by atoms with E-state index in [1.807, 2.05) is 0 Å². The Morgan fingerprint density at radius 3 is 2.25 bits per heavy atom. The molecule has 1 aliphatic heterocycles. The predicted octanol–water partition coefficient (Wildman–Crippen LogP) is -0.297. The molecule has 2 amide bonds. The Labute approximate surface area is 118 Å². The number of hydrogen-bond acceptors (Lipinski definition) is 4. The summed E-state index contributed by atoms with van der Waals surface area (Å²) in [4.78, 5) is 26.9. The first-order chi connectivity index (χ1) is 9.54. The third-order valence-corrected chi connectivity index (χ3v) is 4.25. The van der Waals surface area contributed by atoms with E-state index in [1.165, 1.54) is 0 Å². The van der Waals surface area contributed by atoms with Gasteiger partial charge in [0.05, 0.1) is 18.6 Å². The van der Waals surface area contributed by atoms with Gasteiger partial charge in [0.15, 0.2) is 0 Å². The van der Waals surface area contributed by atoms with E-state index in [-0.39, 0.29) is 19.1 Å². The number of amides is 2. The summed E-state index contributed by atoms with van der Waals surface area (Å²) in [7, 11) is 0. The van der Waals surface area contributed by atoms with Crippen LogP contribution in [0.15, 0.2) is 0 Å². The van der Waals surface area contributed by atoms with Crippen LogP contribution in [0.5, 0.6) is 0 Å². The van der Waals surface area contributed by atoms with E-state index < -0.39 is 11.5 Å². The number of β-amino-alcohol motifs (C(OH)–C–C–N with tert-alkyl or cyclic N) is 1. The first-order valence-corrected chi connectivity index (χ1v) is 7.17. The summed E-state index contributed by atoms with van der Waals surface area (Å²) in [5, 5.41) is 20.7. The van der Waals surface area contributed by atoms with E-state index >= 15 is 0 Å². The van der Waals surface area contributed by atoms with Crippen molar-refractivity contribution in [3.05, 3.63) is 0 Å². The van der Waals surface area contributed by atoms with Crippen LogP contribution in [0.2, 0.25) is 0 Å². The van der Waals surface area contributed by atoms with Crippen molar-refractivity contribution in [2.24, 2.45) is 0 Å². The Morgan fingerprint density at radius 2 is 1.80 bits per heavy atom. The van der Waals surface area contributed by atoms with Crippen LogP contribution in [-0.4, -0.2) is 76.9 Å². The maximum absolute atomic E-state index is 12.2. The summed E-state index contributed by atoms with van der Waals surface area (Å²) in [5.41, 5.74) is -0.537. The van der Waals surface area contributed by atoms with Gasteiger partial charge in [-0.3, -0.25) is 9.69 Å². The fraction of sp³-hybridized carbons (Fsp3) is 0.846. The van der Waals surface area contributed by atoms with Gasteiger partial charge in [-0.1, -0.05) is 0 Å². The first kappa shape index (κ1) is 15.1. The quantitative estimate of drug-likeness (QED) is 0.645. The van der Waals surface area contributed by atoms with Crippen molar-refractivity contribution < 1.29 is 19.8 Å². The number of hydrogen-bond donors (Lipinski definition) is 3. The Morgan fingerprint density at radius 1 is 1.15 bits per heavy atom. The van der Waals surface area contributed by atoms with Crippen LogP contribution in [0.3, 0.4) is 0 Å². The molecule has 1 heterocycles. The minimum atomic E-state index is -0.863. The molecule has 0 bridgehead atoms. The molecule has 3 N–H and O–H groups in total. The van der Waals surface area contributed by atoms with Crippen LogP contribution in [-0.2, 0) is 4.79 Å². The molecule has 0 unspecified atom stereocenters. The minimum absolute atomic E-state index is 0.00319. The molecule has 1 saturated carbocycles. The average Bonchev–Trinajstić information content (AvgIpc) is 2.36. The van der Waals surface area contributed by atoms with Gasteiger partial charge in [0.2, 0.25) is 0 Å². The molecule has 7 heteroatoms. The number of carboxylic acids is 1. The maximum atomic E-state index is 12.2. The van der Waals surface area contributed by atoms with Crippen LogP contribution in [0, 0.1) is 0 Å². The highest BCUT2D eigenvalue weighted by Crippen LogP contribution is 2.35. The lowest BCUT2D eigenvalue weighted by Crippen LogP contribution is -2.60. The normalized spacial score (nSPS) is 22.1. The molecule has 2 aliphatic rings. The molecule has 20 heavy (non-hydrogen) atoms. The monoisotopic (exact) mass is 285 g/mol. The molecule has 0 aromatic carbocycles. The summed E-state index contributed by atoms with van der Waals surface area (Å²) < 4.78 is 0. The number of aliphatic carboxylic acids is 1. The largest absolute Gasteiger partial charge is 0.481 e. The standard InChI is InChI=1S/C13H23N3O4/c17-9-8-15-4-6-16(7-5-15)12(20)14-13(2-1-3-13)10-11(18)19/h17H,1-10H2,(H,14,20)(H,18,19). The fourth-order valence-electron chi connectivity index (χ4n) is 2.86. The minimum Gasteiger partial charge on any atom is -0.481 e. The van der Waals surface area contributed by atoms with Gasteiger partial charge >= 0.3 is 12.0 Å². The van der Waals surface area contributed by atoms with Crippen molar-refractivity contribution in [2.45, 2.75) is 31.2 Å². The molecule has 0 spiro atoms. The van der Waals surface area contributed by atoms with Crippen molar-refractivity contribution in [2.75, 3.05) is 39.3 Å². The second-order valence-electron chi connectivity index (χ2n) is 5.69.